The van der Waals surface area contributed by atoms with Gasteiger partial charge in [0.25, 0.3) is 10.0 Å². The number of hydrogen-bond donors (Lipinski definition) is 2. The van der Waals surface area contributed by atoms with Gasteiger partial charge in [-0.3, -0.25) is 4.99 Å². The summed E-state index contributed by atoms with van der Waals surface area (Å²) in [6.45, 7) is 9.05. The molecule has 0 saturated carbocycles. The molecule has 0 radical (unpaired) electrons. The third-order valence-corrected chi connectivity index (χ3v) is 7.76. The third-order valence-electron chi connectivity index (χ3n) is 3.51. The van der Waals surface area contributed by atoms with E-state index in [2.05, 4.69) is 21.9 Å². The summed E-state index contributed by atoms with van der Waals surface area (Å²) in [5, 5.41) is 6.52. The summed E-state index contributed by atoms with van der Waals surface area (Å²) in [4.78, 5) is 5.55. The van der Waals surface area contributed by atoms with E-state index in [0.29, 0.717) is 17.3 Å². The zero-order valence-corrected chi connectivity index (χ0v) is 18.0. The summed E-state index contributed by atoms with van der Waals surface area (Å²) in [6.07, 6.45) is 2.84. The molecule has 0 spiro atoms. The third kappa shape index (κ3) is 7.16. The van der Waals surface area contributed by atoms with Gasteiger partial charge in [-0.2, -0.15) is 16.1 Å². The van der Waals surface area contributed by atoms with Gasteiger partial charge in [0.15, 0.2) is 5.96 Å². The highest BCUT2D eigenvalue weighted by molar-refractivity contribution is 7.98. The van der Waals surface area contributed by atoms with Crippen LogP contribution in [-0.2, 0) is 16.4 Å². The van der Waals surface area contributed by atoms with Crippen molar-refractivity contribution < 1.29 is 8.42 Å². The monoisotopic (exact) mass is 406 g/mol. The molecule has 9 heteroatoms. The zero-order chi connectivity index (χ0) is 18.7. The van der Waals surface area contributed by atoms with Crippen molar-refractivity contribution in [3.05, 3.63) is 17.0 Å². The van der Waals surface area contributed by atoms with Crippen molar-refractivity contribution in [2.24, 2.45) is 4.99 Å². The van der Waals surface area contributed by atoms with Gasteiger partial charge in [-0.05, 0) is 31.7 Å². The lowest BCUT2D eigenvalue weighted by atomic mass is 10.3. The Bertz CT molecular complexity index is 625. The van der Waals surface area contributed by atoms with Crippen LogP contribution < -0.4 is 10.6 Å². The second-order valence-corrected chi connectivity index (χ2v) is 9.56. The molecule has 1 rings (SSSR count). The van der Waals surface area contributed by atoms with Gasteiger partial charge in [-0.15, -0.1) is 11.3 Å². The van der Waals surface area contributed by atoms with Crippen LogP contribution in [0.1, 0.15) is 25.6 Å². The van der Waals surface area contributed by atoms with E-state index < -0.39 is 10.0 Å². The first-order valence-corrected chi connectivity index (χ1v) is 12.2. The van der Waals surface area contributed by atoms with E-state index >= 15 is 0 Å². The van der Waals surface area contributed by atoms with Crippen molar-refractivity contribution in [2.75, 3.05) is 44.7 Å². The van der Waals surface area contributed by atoms with E-state index in [1.54, 1.807) is 17.8 Å². The Balaban J connectivity index is 2.62. The van der Waals surface area contributed by atoms with Crippen molar-refractivity contribution in [3.8, 4) is 0 Å². The van der Waals surface area contributed by atoms with Gasteiger partial charge in [0, 0.05) is 36.8 Å². The van der Waals surface area contributed by atoms with Gasteiger partial charge in [0.2, 0.25) is 0 Å². The highest BCUT2D eigenvalue weighted by Crippen LogP contribution is 2.25. The van der Waals surface area contributed by atoms with Gasteiger partial charge < -0.3 is 10.6 Å². The van der Waals surface area contributed by atoms with Gasteiger partial charge in [0.1, 0.15) is 4.21 Å². The van der Waals surface area contributed by atoms with Crippen LogP contribution in [-0.4, -0.2) is 63.4 Å². The van der Waals surface area contributed by atoms with E-state index in [-0.39, 0.29) is 0 Å². The maximum absolute atomic E-state index is 12.5. The van der Waals surface area contributed by atoms with Crippen LogP contribution in [0.5, 0.6) is 0 Å². The van der Waals surface area contributed by atoms with Gasteiger partial charge in [-0.1, -0.05) is 13.8 Å². The summed E-state index contributed by atoms with van der Waals surface area (Å²) in [5.74, 6) is 1.80. The standard InChI is InChI=1S/C16H30N4O2S3/c1-5-17-16(19-12-13-23-4)18-11-10-14-8-9-15(24-14)25(21,22)20(6-2)7-3/h8-9H,5-7,10-13H2,1-4H3,(H2,17,18,19). The van der Waals surface area contributed by atoms with Crippen molar-refractivity contribution in [1.82, 2.24) is 14.9 Å². The molecule has 0 fully saturated rings. The molecule has 0 aliphatic rings. The number of nitrogens with one attached hydrogen (secondary N) is 2. The van der Waals surface area contributed by atoms with Crippen molar-refractivity contribution >= 4 is 39.1 Å². The Labute approximate surface area is 160 Å². The van der Waals surface area contributed by atoms with Crippen LogP contribution in [0.4, 0.5) is 0 Å². The number of nitrogens with zero attached hydrogens (tertiary/aromatic N) is 2. The van der Waals surface area contributed by atoms with Crippen LogP contribution >= 0.6 is 23.1 Å². The van der Waals surface area contributed by atoms with E-state index in [4.69, 9.17) is 0 Å². The minimum atomic E-state index is -3.35. The first-order valence-electron chi connectivity index (χ1n) is 8.59. The summed E-state index contributed by atoms with van der Waals surface area (Å²) in [6, 6.07) is 3.62. The normalized spacial score (nSPS) is 12.6. The van der Waals surface area contributed by atoms with Gasteiger partial charge in [0.05, 0.1) is 6.54 Å². The summed E-state index contributed by atoms with van der Waals surface area (Å²) < 4.78 is 26.9. The molecule has 1 aromatic heterocycles. The number of thiophene rings is 1. The topological polar surface area (TPSA) is 73.8 Å². The molecule has 6 nitrogen and oxygen atoms in total. The summed E-state index contributed by atoms with van der Waals surface area (Å²) in [5.41, 5.74) is 0. The Hall–Kier alpha value is -0.770. The fourth-order valence-electron chi connectivity index (χ4n) is 2.22. The van der Waals surface area contributed by atoms with Crippen LogP contribution in [0.25, 0.3) is 0 Å². The molecule has 0 amide bonds. The molecule has 0 aromatic carbocycles. The second kappa shape index (κ2) is 11.8. The predicted molar refractivity (Wildman–Crippen MR) is 110 cm³/mol. The van der Waals surface area contributed by atoms with Crippen LogP contribution in [0.2, 0.25) is 0 Å². The van der Waals surface area contributed by atoms with Crippen molar-refractivity contribution in [2.45, 2.75) is 31.4 Å². The van der Waals surface area contributed by atoms with Crippen molar-refractivity contribution in [1.29, 1.82) is 0 Å². The number of rotatable bonds is 11. The van der Waals surface area contributed by atoms with E-state index in [9.17, 15) is 8.42 Å². The SMILES string of the molecule is CCNC(=NCCSC)NCCc1ccc(S(=O)(=O)N(CC)CC)s1. The molecular formula is C16H30N4O2S3. The lowest BCUT2D eigenvalue weighted by Crippen LogP contribution is -2.38. The maximum atomic E-state index is 12.5. The fourth-order valence-corrected chi connectivity index (χ4v) is 5.46. The molecule has 0 unspecified atom stereocenters. The quantitative estimate of drug-likeness (QED) is 0.335. The lowest BCUT2D eigenvalue weighted by molar-refractivity contribution is 0.447. The molecule has 0 atom stereocenters. The highest BCUT2D eigenvalue weighted by Gasteiger charge is 2.23. The minimum absolute atomic E-state index is 0.423. The molecule has 144 valence electrons. The number of guanidine groups is 1. The average Bonchev–Trinajstić information content (AvgIpc) is 3.06. The summed E-state index contributed by atoms with van der Waals surface area (Å²) >= 11 is 3.12. The number of aliphatic imine (C=N–C) groups is 1. The van der Waals surface area contributed by atoms with Gasteiger partial charge >= 0.3 is 0 Å². The van der Waals surface area contributed by atoms with Crippen LogP contribution in [0.3, 0.4) is 0 Å². The van der Waals surface area contributed by atoms with E-state index in [0.717, 1.165) is 42.6 Å². The first-order chi connectivity index (χ1) is 12.0. The molecule has 1 aromatic rings. The molecule has 2 N–H and O–H groups in total. The molecule has 0 saturated heterocycles. The maximum Gasteiger partial charge on any atom is 0.252 e. The number of hydrogen-bond acceptors (Lipinski definition) is 5. The van der Waals surface area contributed by atoms with E-state index in [1.165, 1.54) is 15.6 Å². The number of thioether (sulfide) groups is 1. The average molecular weight is 407 g/mol. The first kappa shape index (κ1) is 22.3. The highest BCUT2D eigenvalue weighted by atomic mass is 32.2. The minimum Gasteiger partial charge on any atom is -0.357 e. The second-order valence-electron chi connectivity index (χ2n) is 5.24. The smallest absolute Gasteiger partial charge is 0.252 e. The largest absolute Gasteiger partial charge is 0.357 e. The Morgan fingerprint density at radius 2 is 1.96 bits per heavy atom. The number of sulfonamides is 1. The molecular weight excluding hydrogens is 376 g/mol. The van der Waals surface area contributed by atoms with Crippen molar-refractivity contribution in [3.63, 3.8) is 0 Å². The van der Waals surface area contributed by atoms with Gasteiger partial charge in [-0.25, -0.2) is 8.42 Å². The molecule has 0 aliphatic carbocycles. The molecule has 0 aliphatic heterocycles. The molecule has 25 heavy (non-hydrogen) atoms. The van der Waals surface area contributed by atoms with Crippen LogP contribution in [0.15, 0.2) is 21.3 Å². The summed E-state index contributed by atoms with van der Waals surface area (Å²) in [7, 11) is -3.35. The van der Waals surface area contributed by atoms with E-state index in [1.807, 2.05) is 26.8 Å². The van der Waals surface area contributed by atoms with Crippen LogP contribution in [0, 0.1) is 0 Å². The molecule has 0 bridgehead atoms. The Kier molecular flexibility index (Phi) is 10.5. The lowest BCUT2D eigenvalue weighted by Gasteiger charge is -2.16. The predicted octanol–water partition coefficient (Wildman–Crippen LogP) is 2.24. The zero-order valence-electron chi connectivity index (χ0n) is 15.5. The fraction of sp³-hybridized carbons (Fsp3) is 0.688. The Morgan fingerprint density at radius 3 is 2.56 bits per heavy atom. The Morgan fingerprint density at radius 1 is 1.24 bits per heavy atom. The molecule has 1 heterocycles.